The van der Waals surface area contributed by atoms with Gasteiger partial charge < -0.3 is 4.74 Å². The van der Waals surface area contributed by atoms with E-state index in [-0.39, 0.29) is 18.3 Å². The van der Waals surface area contributed by atoms with Crippen LogP contribution in [0.2, 0.25) is 0 Å². The highest BCUT2D eigenvalue weighted by atomic mass is 32.1. The van der Waals surface area contributed by atoms with Crippen LogP contribution in [0.3, 0.4) is 0 Å². The van der Waals surface area contributed by atoms with E-state index in [1.807, 2.05) is 0 Å². The first-order chi connectivity index (χ1) is 9.19. The van der Waals surface area contributed by atoms with Crippen molar-refractivity contribution < 1.29 is 14.3 Å². The van der Waals surface area contributed by atoms with Gasteiger partial charge in [-0.3, -0.25) is 14.9 Å². The van der Waals surface area contributed by atoms with Crippen LogP contribution in [0, 0.1) is 0 Å². The summed E-state index contributed by atoms with van der Waals surface area (Å²) < 4.78 is 8.42. The van der Waals surface area contributed by atoms with Crippen LogP contribution in [0.5, 0.6) is 0 Å². The summed E-state index contributed by atoms with van der Waals surface area (Å²) in [4.78, 5) is 27.5. The maximum Gasteiger partial charge on any atom is 0.311 e. The fourth-order valence-electron chi connectivity index (χ4n) is 1.23. The van der Waals surface area contributed by atoms with Crippen LogP contribution in [0.15, 0.2) is 11.6 Å². The van der Waals surface area contributed by atoms with Gasteiger partial charge >= 0.3 is 5.97 Å². The maximum atomic E-state index is 11.7. The Kier molecular flexibility index (Phi) is 4.53. The molecule has 2 aromatic heterocycles. The minimum Gasteiger partial charge on any atom is -0.466 e. The Balaban J connectivity index is 1.94. The fraction of sp³-hybridized carbons (Fsp3) is 0.300. The Bertz CT molecular complexity index is 567. The smallest absolute Gasteiger partial charge is 0.311 e. The molecule has 0 aliphatic carbocycles. The number of nitrogens with one attached hydrogen (secondary N) is 1. The molecule has 19 heavy (non-hydrogen) atoms. The minimum absolute atomic E-state index is 0.0995. The molecule has 7 nitrogen and oxygen atoms in total. The van der Waals surface area contributed by atoms with Gasteiger partial charge in [-0.25, -0.2) is 4.98 Å². The summed E-state index contributed by atoms with van der Waals surface area (Å²) in [7, 11) is 0. The van der Waals surface area contributed by atoms with E-state index in [1.165, 1.54) is 17.5 Å². The highest BCUT2D eigenvalue weighted by molar-refractivity contribution is 7.14. The lowest BCUT2D eigenvalue weighted by Gasteiger charge is -1.98. The maximum absolute atomic E-state index is 11.7. The van der Waals surface area contributed by atoms with Crippen molar-refractivity contribution in [1.29, 1.82) is 0 Å². The molecule has 0 aliphatic heterocycles. The van der Waals surface area contributed by atoms with Crippen LogP contribution in [-0.4, -0.2) is 33.1 Å². The van der Waals surface area contributed by atoms with Crippen molar-refractivity contribution in [3.05, 3.63) is 22.1 Å². The molecule has 9 heteroatoms. The van der Waals surface area contributed by atoms with E-state index in [9.17, 15) is 9.59 Å². The number of hydrogen-bond donors (Lipinski definition) is 1. The third-order valence-corrected chi connectivity index (χ3v) is 3.46. The minimum atomic E-state index is -0.336. The average molecular weight is 298 g/mol. The van der Waals surface area contributed by atoms with Gasteiger partial charge in [-0.15, -0.1) is 16.4 Å². The zero-order valence-corrected chi connectivity index (χ0v) is 11.6. The number of carbonyl (C=O) groups excluding carboxylic acids is 2. The van der Waals surface area contributed by atoms with Crippen molar-refractivity contribution in [2.24, 2.45) is 0 Å². The van der Waals surface area contributed by atoms with Crippen LogP contribution < -0.4 is 5.32 Å². The average Bonchev–Trinajstić information content (AvgIpc) is 3.00. The lowest BCUT2D eigenvalue weighted by molar-refractivity contribution is -0.142. The number of aromatic nitrogens is 3. The Labute approximate surface area is 116 Å². The van der Waals surface area contributed by atoms with Crippen molar-refractivity contribution in [2.75, 3.05) is 11.9 Å². The van der Waals surface area contributed by atoms with Crippen molar-refractivity contribution in [1.82, 2.24) is 14.6 Å². The third kappa shape index (κ3) is 3.80. The number of esters is 1. The Morgan fingerprint density at radius 1 is 1.47 bits per heavy atom. The number of ether oxygens (including phenoxy) is 1. The summed E-state index contributed by atoms with van der Waals surface area (Å²) in [5, 5.41) is 8.33. The van der Waals surface area contributed by atoms with Crippen molar-refractivity contribution in [3.63, 3.8) is 0 Å². The molecule has 0 atom stereocenters. The number of nitrogens with zero attached hydrogens (tertiary/aromatic N) is 3. The molecule has 2 heterocycles. The van der Waals surface area contributed by atoms with Gasteiger partial charge in [-0.05, 0) is 18.5 Å². The highest BCUT2D eigenvalue weighted by Gasteiger charge is 2.12. The summed E-state index contributed by atoms with van der Waals surface area (Å²) in [5.41, 5.74) is 0.571. The van der Waals surface area contributed by atoms with E-state index in [0.29, 0.717) is 22.3 Å². The lowest BCUT2D eigenvalue weighted by Crippen LogP contribution is -2.11. The van der Waals surface area contributed by atoms with Crippen LogP contribution in [0.1, 0.15) is 22.3 Å². The van der Waals surface area contributed by atoms with Gasteiger partial charge in [0.25, 0.3) is 5.91 Å². The van der Waals surface area contributed by atoms with Gasteiger partial charge in [0.2, 0.25) is 0 Å². The number of hydrogen-bond acceptors (Lipinski definition) is 8. The molecule has 2 rings (SSSR count). The number of rotatable bonds is 5. The molecule has 1 N–H and O–H groups in total. The molecule has 0 saturated heterocycles. The fourth-order valence-corrected chi connectivity index (χ4v) is 2.35. The predicted octanol–water partition coefficient (Wildman–Crippen LogP) is 1.35. The van der Waals surface area contributed by atoms with Gasteiger partial charge in [0, 0.05) is 5.38 Å². The normalized spacial score (nSPS) is 10.2. The molecule has 0 saturated carbocycles. The monoisotopic (exact) mass is 298 g/mol. The first kappa shape index (κ1) is 13.6. The zero-order valence-electron chi connectivity index (χ0n) is 9.95. The first-order valence-corrected chi connectivity index (χ1v) is 7.03. The van der Waals surface area contributed by atoms with E-state index < -0.39 is 0 Å². The third-order valence-electron chi connectivity index (χ3n) is 1.99. The number of thiazole rings is 1. The molecular weight excluding hydrogens is 288 g/mol. The predicted molar refractivity (Wildman–Crippen MR) is 70.3 cm³/mol. The molecule has 0 unspecified atom stereocenters. The van der Waals surface area contributed by atoms with E-state index in [0.717, 1.165) is 11.5 Å². The molecule has 100 valence electrons. The largest absolute Gasteiger partial charge is 0.466 e. The van der Waals surface area contributed by atoms with Gasteiger partial charge in [0.05, 0.1) is 24.9 Å². The van der Waals surface area contributed by atoms with E-state index in [2.05, 4.69) is 19.9 Å². The molecule has 0 aromatic carbocycles. The van der Waals surface area contributed by atoms with Crippen molar-refractivity contribution in [2.45, 2.75) is 13.3 Å². The second-order valence-corrected chi connectivity index (χ2v) is 5.01. The molecule has 1 amide bonds. The van der Waals surface area contributed by atoms with Crippen molar-refractivity contribution in [3.8, 4) is 0 Å². The summed E-state index contributed by atoms with van der Waals surface area (Å²) in [6.07, 6.45) is 1.48. The van der Waals surface area contributed by atoms with Crippen LogP contribution in [-0.2, 0) is 16.0 Å². The molecule has 0 spiro atoms. The number of anilines is 1. The van der Waals surface area contributed by atoms with Gasteiger partial charge in [-0.1, -0.05) is 4.49 Å². The van der Waals surface area contributed by atoms with Crippen molar-refractivity contribution >= 4 is 39.9 Å². The topological polar surface area (TPSA) is 94.1 Å². The Hall–Kier alpha value is -1.87. The molecule has 0 bridgehead atoms. The summed E-state index contributed by atoms with van der Waals surface area (Å²) >= 11 is 2.25. The van der Waals surface area contributed by atoms with E-state index in [1.54, 1.807) is 12.3 Å². The Morgan fingerprint density at radius 2 is 2.32 bits per heavy atom. The van der Waals surface area contributed by atoms with Gasteiger partial charge in [-0.2, -0.15) is 0 Å². The number of amides is 1. The van der Waals surface area contributed by atoms with E-state index >= 15 is 0 Å². The lowest BCUT2D eigenvalue weighted by atomic mass is 10.3. The molecule has 0 aliphatic rings. The van der Waals surface area contributed by atoms with Gasteiger partial charge in [0.1, 0.15) is 4.88 Å². The molecule has 0 fully saturated rings. The zero-order chi connectivity index (χ0) is 13.7. The number of carbonyl (C=O) groups is 2. The van der Waals surface area contributed by atoms with Crippen LogP contribution >= 0.6 is 22.9 Å². The van der Waals surface area contributed by atoms with Gasteiger partial charge in [0.15, 0.2) is 5.13 Å². The highest BCUT2D eigenvalue weighted by Crippen LogP contribution is 2.17. The molecular formula is C10H10N4O3S2. The van der Waals surface area contributed by atoms with E-state index in [4.69, 9.17) is 4.74 Å². The molecule has 2 aromatic rings. The van der Waals surface area contributed by atoms with Crippen LogP contribution in [0.4, 0.5) is 5.13 Å². The first-order valence-electron chi connectivity index (χ1n) is 5.37. The molecule has 0 radical (unpaired) electrons. The second kappa shape index (κ2) is 6.34. The quantitative estimate of drug-likeness (QED) is 0.837. The summed E-state index contributed by atoms with van der Waals surface area (Å²) in [5.74, 6) is -0.649. The van der Waals surface area contributed by atoms with Crippen LogP contribution in [0.25, 0.3) is 0 Å². The summed E-state index contributed by atoms with van der Waals surface area (Å²) in [6, 6.07) is 0. The summed E-state index contributed by atoms with van der Waals surface area (Å²) in [6.45, 7) is 2.08. The second-order valence-electron chi connectivity index (χ2n) is 3.36. The Morgan fingerprint density at radius 3 is 3.00 bits per heavy atom. The standard InChI is InChI=1S/C10H10N4O3S2/c1-2-17-8(15)3-6-5-18-10(12-6)13-9(16)7-4-11-14-19-7/h4-5H,2-3H2,1H3,(H,12,13,16). The SMILES string of the molecule is CCOC(=O)Cc1csc(NC(=O)c2cnns2)n1.